The van der Waals surface area contributed by atoms with Gasteiger partial charge in [-0.15, -0.1) is 0 Å². The van der Waals surface area contributed by atoms with Crippen LogP contribution >= 0.6 is 0 Å². The molecule has 1 N–H and O–H groups in total. The van der Waals surface area contributed by atoms with E-state index in [1.54, 1.807) is 13.0 Å². The predicted octanol–water partition coefficient (Wildman–Crippen LogP) is 2.94. The maximum absolute atomic E-state index is 12.5. The molecule has 1 aromatic rings. The molecule has 1 rings (SSSR count). The van der Waals surface area contributed by atoms with Gasteiger partial charge in [-0.05, 0) is 25.5 Å². The van der Waals surface area contributed by atoms with Gasteiger partial charge in [-0.1, -0.05) is 11.6 Å². The number of benzene rings is 1. The number of aromatic carboxylic acids is 1. The van der Waals surface area contributed by atoms with Crippen molar-refractivity contribution in [1.29, 1.82) is 0 Å². The van der Waals surface area contributed by atoms with Crippen molar-refractivity contribution in [2.75, 3.05) is 0 Å². The molecular formula is C10H10F2O2. The zero-order valence-corrected chi connectivity index (χ0v) is 7.84. The fraction of sp³-hybridized carbons (Fsp3) is 0.300. The molecule has 0 fully saturated rings. The van der Waals surface area contributed by atoms with Crippen LogP contribution in [0.5, 0.6) is 0 Å². The highest BCUT2D eigenvalue weighted by molar-refractivity contribution is 5.91. The lowest BCUT2D eigenvalue weighted by Crippen LogP contribution is -2.06. The van der Waals surface area contributed by atoms with E-state index in [1.165, 1.54) is 13.0 Å². The summed E-state index contributed by atoms with van der Waals surface area (Å²) in [5.41, 5.74) is 0.316. The summed E-state index contributed by atoms with van der Waals surface area (Å²) in [6, 6.07) is 2.79. The van der Waals surface area contributed by atoms with Gasteiger partial charge >= 0.3 is 5.97 Å². The van der Waals surface area contributed by atoms with E-state index < -0.39 is 18.0 Å². The lowest BCUT2D eigenvalue weighted by atomic mass is 9.99. The molecule has 0 saturated heterocycles. The molecule has 0 spiro atoms. The number of alkyl halides is 2. The van der Waals surface area contributed by atoms with Gasteiger partial charge in [0.25, 0.3) is 6.43 Å². The van der Waals surface area contributed by atoms with Crippen LogP contribution in [0.4, 0.5) is 8.78 Å². The molecule has 0 amide bonds. The molecule has 1 aromatic carbocycles. The van der Waals surface area contributed by atoms with E-state index in [4.69, 9.17) is 5.11 Å². The van der Waals surface area contributed by atoms with Crippen molar-refractivity contribution in [3.05, 3.63) is 34.4 Å². The molecule has 0 heterocycles. The molecule has 2 nitrogen and oxygen atoms in total. The van der Waals surface area contributed by atoms with Crippen LogP contribution in [0, 0.1) is 13.8 Å². The van der Waals surface area contributed by atoms with E-state index in [1.807, 2.05) is 0 Å². The quantitative estimate of drug-likeness (QED) is 0.796. The number of carboxylic acid groups (broad SMARTS) is 1. The van der Waals surface area contributed by atoms with E-state index in [0.29, 0.717) is 11.1 Å². The molecule has 0 atom stereocenters. The second-order valence-electron chi connectivity index (χ2n) is 3.15. The number of halogens is 2. The second-order valence-corrected chi connectivity index (χ2v) is 3.15. The topological polar surface area (TPSA) is 37.3 Å². The first-order chi connectivity index (χ1) is 6.43. The number of hydrogen-bond acceptors (Lipinski definition) is 1. The van der Waals surface area contributed by atoms with Gasteiger partial charge in [-0.3, -0.25) is 0 Å². The highest BCUT2D eigenvalue weighted by Gasteiger charge is 2.20. The van der Waals surface area contributed by atoms with Crippen LogP contribution in [0.15, 0.2) is 12.1 Å². The van der Waals surface area contributed by atoms with Crippen LogP contribution in [0.1, 0.15) is 33.5 Å². The van der Waals surface area contributed by atoms with Gasteiger partial charge in [0.05, 0.1) is 5.56 Å². The molecule has 76 valence electrons. The number of aryl methyl sites for hydroxylation is 2. The average molecular weight is 200 g/mol. The van der Waals surface area contributed by atoms with Crippen molar-refractivity contribution in [2.45, 2.75) is 20.3 Å². The summed E-state index contributed by atoms with van der Waals surface area (Å²) in [4.78, 5) is 10.7. The smallest absolute Gasteiger partial charge is 0.336 e. The largest absolute Gasteiger partial charge is 0.478 e. The zero-order valence-electron chi connectivity index (χ0n) is 7.84. The Morgan fingerprint density at radius 2 is 1.93 bits per heavy atom. The Labute approximate surface area is 80.2 Å². The van der Waals surface area contributed by atoms with Gasteiger partial charge in [0.2, 0.25) is 0 Å². The highest BCUT2D eigenvalue weighted by Crippen LogP contribution is 2.26. The van der Waals surface area contributed by atoms with Crippen LogP contribution in [-0.2, 0) is 0 Å². The third-order valence-electron chi connectivity index (χ3n) is 1.96. The van der Waals surface area contributed by atoms with Crippen molar-refractivity contribution >= 4 is 5.97 Å². The fourth-order valence-corrected chi connectivity index (χ4v) is 1.46. The number of carboxylic acids is 1. The monoisotopic (exact) mass is 200 g/mol. The first-order valence-electron chi connectivity index (χ1n) is 4.06. The maximum Gasteiger partial charge on any atom is 0.336 e. The van der Waals surface area contributed by atoms with Gasteiger partial charge < -0.3 is 5.11 Å². The number of hydrogen-bond donors (Lipinski definition) is 1. The summed E-state index contributed by atoms with van der Waals surface area (Å²) in [7, 11) is 0. The Hall–Kier alpha value is -1.45. The summed E-state index contributed by atoms with van der Waals surface area (Å²) in [5.74, 6) is -1.31. The van der Waals surface area contributed by atoms with Crippen molar-refractivity contribution in [3.8, 4) is 0 Å². The first-order valence-corrected chi connectivity index (χ1v) is 4.06. The Morgan fingerprint density at radius 3 is 2.36 bits per heavy atom. The SMILES string of the molecule is Cc1cc(C)c(C(=O)O)c(C(F)F)c1. The standard InChI is InChI=1S/C10H10F2O2/c1-5-3-6(2)8(10(13)14)7(4-5)9(11)12/h3-4,9H,1-2H3,(H,13,14). The molecule has 0 saturated carbocycles. The summed E-state index contributed by atoms with van der Waals surface area (Å²) in [6.45, 7) is 3.17. The summed E-state index contributed by atoms with van der Waals surface area (Å²) >= 11 is 0. The molecule has 0 aliphatic heterocycles. The number of rotatable bonds is 2. The molecule has 0 aromatic heterocycles. The molecule has 0 bridgehead atoms. The lowest BCUT2D eigenvalue weighted by Gasteiger charge is -2.09. The van der Waals surface area contributed by atoms with Crippen molar-refractivity contribution in [2.24, 2.45) is 0 Å². The highest BCUT2D eigenvalue weighted by atomic mass is 19.3. The minimum absolute atomic E-state index is 0.286. The minimum Gasteiger partial charge on any atom is -0.478 e. The minimum atomic E-state index is -2.75. The van der Waals surface area contributed by atoms with Gasteiger partial charge in [-0.2, -0.15) is 0 Å². The van der Waals surface area contributed by atoms with Crippen LogP contribution in [0.2, 0.25) is 0 Å². The maximum atomic E-state index is 12.5. The molecule has 0 aliphatic carbocycles. The average Bonchev–Trinajstić information content (AvgIpc) is 2.01. The Morgan fingerprint density at radius 1 is 1.36 bits per heavy atom. The van der Waals surface area contributed by atoms with Gasteiger partial charge in [0.15, 0.2) is 0 Å². The van der Waals surface area contributed by atoms with E-state index in [0.717, 1.165) is 0 Å². The van der Waals surface area contributed by atoms with Crippen LogP contribution in [-0.4, -0.2) is 11.1 Å². The lowest BCUT2D eigenvalue weighted by molar-refractivity contribution is 0.0683. The summed E-state index contributed by atoms with van der Waals surface area (Å²) in [6.07, 6.45) is -2.75. The third-order valence-corrected chi connectivity index (χ3v) is 1.96. The van der Waals surface area contributed by atoms with E-state index >= 15 is 0 Å². The van der Waals surface area contributed by atoms with E-state index in [2.05, 4.69) is 0 Å². The van der Waals surface area contributed by atoms with Gasteiger partial charge in [0, 0.05) is 5.56 Å². The van der Waals surface area contributed by atoms with Crippen LogP contribution in [0.25, 0.3) is 0 Å². The van der Waals surface area contributed by atoms with Gasteiger partial charge in [0.1, 0.15) is 0 Å². The van der Waals surface area contributed by atoms with Crippen molar-refractivity contribution in [3.63, 3.8) is 0 Å². The van der Waals surface area contributed by atoms with Gasteiger partial charge in [-0.25, -0.2) is 13.6 Å². The van der Waals surface area contributed by atoms with Crippen LogP contribution in [0.3, 0.4) is 0 Å². The zero-order chi connectivity index (χ0) is 10.9. The summed E-state index contributed by atoms with van der Waals surface area (Å²) in [5, 5.41) is 8.75. The molecular weight excluding hydrogens is 190 g/mol. The van der Waals surface area contributed by atoms with Crippen molar-refractivity contribution < 1.29 is 18.7 Å². The molecule has 0 radical (unpaired) electrons. The normalized spacial score (nSPS) is 10.6. The van der Waals surface area contributed by atoms with E-state index in [9.17, 15) is 13.6 Å². The van der Waals surface area contributed by atoms with Crippen LogP contribution < -0.4 is 0 Å². The Balaban J connectivity index is 3.44. The molecule has 0 aliphatic rings. The molecule has 14 heavy (non-hydrogen) atoms. The summed E-state index contributed by atoms with van der Waals surface area (Å²) < 4.78 is 25.0. The number of carbonyl (C=O) groups is 1. The van der Waals surface area contributed by atoms with E-state index in [-0.39, 0.29) is 5.56 Å². The molecule has 0 unspecified atom stereocenters. The second kappa shape index (κ2) is 3.74. The molecule has 4 heteroatoms. The Bertz CT molecular complexity index is 373. The first kappa shape index (κ1) is 10.6. The van der Waals surface area contributed by atoms with Crippen molar-refractivity contribution in [1.82, 2.24) is 0 Å². The predicted molar refractivity (Wildman–Crippen MR) is 47.8 cm³/mol. The Kier molecular flexibility index (Phi) is 2.84. The fourth-order valence-electron chi connectivity index (χ4n) is 1.46. The third kappa shape index (κ3) is 1.89.